The molecule has 0 spiro atoms. The second kappa shape index (κ2) is 5.32. The Morgan fingerprint density at radius 3 is 2.36 bits per heavy atom. The Labute approximate surface area is 85.3 Å². The van der Waals surface area contributed by atoms with Crippen LogP contribution < -0.4 is 5.73 Å². The van der Waals surface area contributed by atoms with Crippen molar-refractivity contribution in [2.75, 3.05) is 13.1 Å². The second-order valence-electron chi connectivity index (χ2n) is 4.17. The number of rotatable bonds is 3. The molecule has 1 atom stereocenters. The summed E-state index contributed by atoms with van der Waals surface area (Å²) < 4.78 is 0. The quantitative estimate of drug-likeness (QED) is 0.736. The van der Waals surface area contributed by atoms with Crippen molar-refractivity contribution >= 4 is 5.97 Å². The van der Waals surface area contributed by atoms with Crippen molar-refractivity contribution in [1.29, 1.82) is 0 Å². The van der Waals surface area contributed by atoms with E-state index >= 15 is 0 Å². The summed E-state index contributed by atoms with van der Waals surface area (Å²) in [5.41, 5.74) is 5.68. The van der Waals surface area contributed by atoms with E-state index < -0.39 is 6.04 Å². The molecule has 0 aromatic carbocycles. The van der Waals surface area contributed by atoms with Gasteiger partial charge in [0.25, 0.3) is 0 Å². The molecule has 1 saturated heterocycles. The van der Waals surface area contributed by atoms with E-state index in [1.807, 2.05) is 13.8 Å². The molecule has 0 unspecified atom stereocenters. The maximum absolute atomic E-state index is 11.5. The van der Waals surface area contributed by atoms with Gasteiger partial charge in [0.15, 0.2) is 0 Å². The van der Waals surface area contributed by atoms with E-state index in [9.17, 15) is 4.79 Å². The summed E-state index contributed by atoms with van der Waals surface area (Å²) in [6.45, 7) is 5.53. The van der Waals surface area contributed by atoms with Gasteiger partial charge in [-0.15, -0.1) is 5.06 Å². The van der Waals surface area contributed by atoms with Crippen molar-refractivity contribution in [3.05, 3.63) is 0 Å². The van der Waals surface area contributed by atoms with Crippen LogP contribution in [0.2, 0.25) is 0 Å². The molecular weight excluding hydrogens is 180 g/mol. The fraction of sp³-hybridized carbons (Fsp3) is 0.900. The van der Waals surface area contributed by atoms with Gasteiger partial charge in [0.2, 0.25) is 0 Å². The fourth-order valence-corrected chi connectivity index (χ4v) is 1.42. The number of carbonyl (C=O) groups is 1. The molecule has 0 aromatic heterocycles. The SMILES string of the molecule is CC(C)[C@H](N)C(=O)ON1CCCCC1. The van der Waals surface area contributed by atoms with Crippen LogP contribution in [0.4, 0.5) is 0 Å². The zero-order valence-electron chi connectivity index (χ0n) is 9.03. The Morgan fingerprint density at radius 2 is 1.86 bits per heavy atom. The lowest BCUT2D eigenvalue weighted by molar-refractivity contribution is -0.197. The number of hydroxylamine groups is 2. The van der Waals surface area contributed by atoms with Crippen LogP contribution in [0.5, 0.6) is 0 Å². The predicted octanol–water partition coefficient (Wildman–Crippen LogP) is 0.914. The van der Waals surface area contributed by atoms with Gasteiger partial charge < -0.3 is 10.6 Å². The highest BCUT2D eigenvalue weighted by molar-refractivity contribution is 5.75. The molecule has 1 aliphatic heterocycles. The molecule has 0 aliphatic carbocycles. The summed E-state index contributed by atoms with van der Waals surface area (Å²) in [6.07, 6.45) is 3.43. The Bertz CT molecular complexity index is 189. The molecule has 1 fully saturated rings. The van der Waals surface area contributed by atoms with Crippen LogP contribution in [-0.4, -0.2) is 30.2 Å². The molecule has 0 saturated carbocycles. The molecule has 14 heavy (non-hydrogen) atoms. The minimum absolute atomic E-state index is 0.132. The van der Waals surface area contributed by atoms with E-state index in [0.29, 0.717) is 0 Å². The highest BCUT2D eigenvalue weighted by Gasteiger charge is 2.22. The average Bonchev–Trinajstić information content (AvgIpc) is 2.18. The summed E-state index contributed by atoms with van der Waals surface area (Å²) >= 11 is 0. The predicted molar refractivity (Wildman–Crippen MR) is 54.3 cm³/mol. The van der Waals surface area contributed by atoms with Gasteiger partial charge in [-0.2, -0.15) is 0 Å². The summed E-state index contributed by atoms with van der Waals surface area (Å²) in [5.74, 6) is -0.172. The maximum Gasteiger partial charge on any atom is 0.342 e. The Balaban J connectivity index is 2.31. The number of carbonyl (C=O) groups excluding carboxylic acids is 1. The molecular formula is C10H20N2O2. The van der Waals surface area contributed by atoms with Crippen LogP contribution in [-0.2, 0) is 9.63 Å². The third-order valence-corrected chi connectivity index (χ3v) is 2.52. The highest BCUT2D eigenvalue weighted by Crippen LogP contribution is 2.10. The van der Waals surface area contributed by atoms with Crippen molar-refractivity contribution in [2.45, 2.75) is 39.2 Å². The lowest BCUT2D eigenvalue weighted by atomic mass is 10.1. The number of nitrogens with two attached hydrogens (primary N) is 1. The summed E-state index contributed by atoms with van der Waals surface area (Å²) in [5, 5.41) is 1.73. The monoisotopic (exact) mass is 200 g/mol. The standard InChI is InChI=1S/C10H20N2O2/c1-8(2)9(11)10(13)14-12-6-4-3-5-7-12/h8-9H,3-7,11H2,1-2H3/t9-/m0/s1. The van der Waals surface area contributed by atoms with E-state index in [0.717, 1.165) is 25.9 Å². The van der Waals surface area contributed by atoms with Crippen LogP contribution in [0.25, 0.3) is 0 Å². The lowest BCUT2D eigenvalue weighted by Gasteiger charge is -2.26. The van der Waals surface area contributed by atoms with E-state index in [1.54, 1.807) is 5.06 Å². The van der Waals surface area contributed by atoms with Crippen molar-refractivity contribution in [3.8, 4) is 0 Å². The molecule has 82 valence electrons. The largest absolute Gasteiger partial charge is 0.366 e. The van der Waals surface area contributed by atoms with Gasteiger partial charge in [-0.1, -0.05) is 20.3 Å². The Kier molecular flexibility index (Phi) is 4.35. The average molecular weight is 200 g/mol. The zero-order valence-corrected chi connectivity index (χ0v) is 9.03. The zero-order chi connectivity index (χ0) is 10.6. The smallest absolute Gasteiger partial charge is 0.342 e. The normalized spacial score (nSPS) is 20.9. The van der Waals surface area contributed by atoms with Gasteiger partial charge in [0.05, 0.1) is 0 Å². The minimum atomic E-state index is -0.503. The van der Waals surface area contributed by atoms with Crippen LogP contribution in [0.1, 0.15) is 33.1 Å². The summed E-state index contributed by atoms with van der Waals surface area (Å²) in [4.78, 5) is 16.6. The number of hydrogen-bond acceptors (Lipinski definition) is 4. The first-order chi connectivity index (χ1) is 6.61. The van der Waals surface area contributed by atoms with Crippen LogP contribution in [0, 0.1) is 5.92 Å². The van der Waals surface area contributed by atoms with Crippen LogP contribution in [0.3, 0.4) is 0 Å². The van der Waals surface area contributed by atoms with Crippen molar-refractivity contribution in [1.82, 2.24) is 5.06 Å². The van der Waals surface area contributed by atoms with Gasteiger partial charge in [0.1, 0.15) is 6.04 Å². The Hall–Kier alpha value is -0.610. The topological polar surface area (TPSA) is 55.6 Å². The molecule has 2 N–H and O–H groups in total. The third-order valence-electron chi connectivity index (χ3n) is 2.52. The summed E-state index contributed by atoms with van der Waals surface area (Å²) in [6, 6.07) is -0.503. The first-order valence-corrected chi connectivity index (χ1v) is 5.33. The molecule has 1 heterocycles. The maximum atomic E-state index is 11.5. The molecule has 0 aromatic rings. The highest BCUT2D eigenvalue weighted by atomic mass is 16.7. The number of piperidine rings is 1. The molecule has 1 rings (SSSR count). The van der Waals surface area contributed by atoms with Gasteiger partial charge in [-0.05, 0) is 18.8 Å². The molecule has 0 radical (unpaired) electrons. The van der Waals surface area contributed by atoms with Gasteiger partial charge >= 0.3 is 5.97 Å². The second-order valence-corrected chi connectivity index (χ2v) is 4.17. The van der Waals surface area contributed by atoms with E-state index in [-0.39, 0.29) is 11.9 Å². The van der Waals surface area contributed by atoms with Gasteiger partial charge in [0, 0.05) is 13.1 Å². The van der Waals surface area contributed by atoms with E-state index in [2.05, 4.69) is 0 Å². The van der Waals surface area contributed by atoms with Crippen molar-refractivity contribution in [2.24, 2.45) is 11.7 Å². The lowest BCUT2D eigenvalue weighted by Crippen LogP contribution is -2.42. The van der Waals surface area contributed by atoms with E-state index in [4.69, 9.17) is 10.6 Å². The van der Waals surface area contributed by atoms with Crippen molar-refractivity contribution < 1.29 is 9.63 Å². The minimum Gasteiger partial charge on any atom is -0.366 e. The van der Waals surface area contributed by atoms with Gasteiger partial charge in [-0.3, -0.25) is 0 Å². The third kappa shape index (κ3) is 3.27. The first kappa shape index (κ1) is 11.5. The Morgan fingerprint density at radius 1 is 1.29 bits per heavy atom. The molecule has 1 aliphatic rings. The van der Waals surface area contributed by atoms with Gasteiger partial charge in [-0.25, -0.2) is 4.79 Å². The number of hydrogen-bond donors (Lipinski definition) is 1. The fourth-order valence-electron chi connectivity index (χ4n) is 1.42. The molecule has 0 bridgehead atoms. The van der Waals surface area contributed by atoms with Crippen molar-refractivity contribution in [3.63, 3.8) is 0 Å². The molecule has 0 amide bonds. The van der Waals surface area contributed by atoms with E-state index in [1.165, 1.54) is 6.42 Å². The number of nitrogens with zero attached hydrogens (tertiary/aromatic N) is 1. The van der Waals surface area contributed by atoms with Crippen LogP contribution >= 0.6 is 0 Å². The summed E-state index contributed by atoms with van der Waals surface area (Å²) in [7, 11) is 0. The molecule has 4 nitrogen and oxygen atoms in total. The van der Waals surface area contributed by atoms with Crippen LogP contribution in [0.15, 0.2) is 0 Å². The molecule has 4 heteroatoms. The first-order valence-electron chi connectivity index (χ1n) is 5.33.